The molecule has 6 nitrogen and oxygen atoms in total. The van der Waals surface area contributed by atoms with Gasteiger partial charge in [0.1, 0.15) is 23.9 Å². The van der Waals surface area contributed by atoms with Crippen LogP contribution in [0.4, 0.5) is 0 Å². The number of nitriles is 2. The third-order valence-corrected chi connectivity index (χ3v) is 6.75. The Bertz CT molecular complexity index is 1380. The first-order chi connectivity index (χ1) is 18.0. The zero-order valence-electron chi connectivity index (χ0n) is 20.9. The van der Waals surface area contributed by atoms with E-state index in [1.54, 1.807) is 0 Å². The highest BCUT2D eigenvalue weighted by Gasteiger charge is 2.29. The summed E-state index contributed by atoms with van der Waals surface area (Å²) < 4.78 is 5.77. The summed E-state index contributed by atoms with van der Waals surface area (Å²) in [5.41, 5.74) is 6.04. The van der Waals surface area contributed by atoms with Crippen molar-refractivity contribution in [2.24, 2.45) is 0 Å². The van der Waals surface area contributed by atoms with Crippen LogP contribution in [0, 0.1) is 29.6 Å². The molecule has 1 saturated heterocycles. The van der Waals surface area contributed by atoms with Crippen LogP contribution in [0.15, 0.2) is 60.7 Å². The molecule has 0 aromatic heterocycles. The Morgan fingerprint density at radius 1 is 1.08 bits per heavy atom. The molecule has 6 heteroatoms. The normalized spacial score (nSPS) is 15.7. The number of hydrogen-bond donors (Lipinski definition) is 1. The van der Waals surface area contributed by atoms with Crippen LogP contribution in [0.5, 0.6) is 5.75 Å². The maximum absolute atomic E-state index is 11.8. The van der Waals surface area contributed by atoms with Crippen LogP contribution in [-0.2, 0) is 11.3 Å². The van der Waals surface area contributed by atoms with Gasteiger partial charge in [-0.05, 0) is 54.6 Å². The van der Waals surface area contributed by atoms with E-state index in [0.29, 0.717) is 30.8 Å². The first-order valence-corrected chi connectivity index (χ1v) is 12.4. The Labute approximate surface area is 217 Å². The molecule has 1 N–H and O–H groups in total. The van der Waals surface area contributed by atoms with Crippen LogP contribution in [0.2, 0.25) is 0 Å². The van der Waals surface area contributed by atoms with Gasteiger partial charge < -0.3 is 9.84 Å². The fourth-order valence-corrected chi connectivity index (χ4v) is 4.86. The van der Waals surface area contributed by atoms with Gasteiger partial charge in [0, 0.05) is 17.7 Å². The highest BCUT2D eigenvalue weighted by Crippen LogP contribution is 2.30. The van der Waals surface area contributed by atoms with Gasteiger partial charge in [-0.25, -0.2) is 0 Å². The topological polar surface area (TPSA) is 97.3 Å². The van der Waals surface area contributed by atoms with Crippen molar-refractivity contribution in [2.75, 3.05) is 13.2 Å². The Balaban J connectivity index is 1.66. The van der Waals surface area contributed by atoms with Crippen molar-refractivity contribution in [1.82, 2.24) is 4.90 Å². The lowest BCUT2D eigenvalue weighted by molar-refractivity contribution is -0.144. The van der Waals surface area contributed by atoms with Crippen molar-refractivity contribution in [3.63, 3.8) is 0 Å². The number of likely N-dealkylation sites (tertiary alicyclic amines) is 1. The number of carboxylic acids is 1. The van der Waals surface area contributed by atoms with Gasteiger partial charge in [-0.2, -0.15) is 10.5 Å². The highest BCUT2D eigenvalue weighted by atomic mass is 16.5. The molecule has 37 heavy (non-hydrogen) atoms. The van der Waals surface area contributed by atoms with Gasteiger partial charge >= 0.3 is 5.97 Å². The zero-order valence-corrected chi connectivity index (χ0v) is 20.9. The molecule has 0 saturated carbocycles. The first-order valence-electron chi connectivity index (χ1n) is 12.4. The van der Waals surface area contributed by atoms with E-state index in [1.807, 2.05) is 90.7 Å². The van der Waals surface area contributed by atoms with E-state index in [2.05, 4.69) is 6.07 Å². The van der Waals surface area contributed by atoms with Crippen LogP contribution >= 0.6 is 0 Å². The van der Waals surface area contributed by atoms with Crippen molar-refractivity contribution in [2.45, 2.75) is 38.8 Å². The van der Waals surface area contributed by atoms with Crippen LogP contribution < -0.4 is 4.74 Å². The third-order valence-electron chi connectivity index (χ3n) is 6.75. The largest absolute Gasteiger partial charge is 0.480 e. The fourth-order valence-electron chi connectivity index (χ4n) is 4.86. The standard InChI is InChI=1S/C31H29N3O3/c1-22-18-26(21-34-16-6-5-12-29(34)31(35)36)30(37-17-15-32)19-25(22)14-13-24-10-7-11-27(28(24)20-33)23-8-3-2-4-9-23/h2-4,7-11,13-14,18-19,29H,5-6,12,16-17,21H2,1H3,(H,35,36). The second-order valence-electron chi connectivity index (χ2n) is 9.16. The smallest absolute Gasteiger partial charge is 0.320 e. The van der Waals surface area contributed by atoms with Gasteiger partial charge in [0.25, 0.3) is 0 Å². The van der Waals surface area contributed by atoms with Gasteiger partial charge in [0.2, 0.25) is 0 Å². The summed E-state index contributed by atoms with van der Waals surface area (Å²) in [5, 5.41) is 28.7. The summed E-state index contributed by atoms with van der Waals surface area (Å²) in [4.78, 5) is 13.7. The van der Waals surface area contributed by atoms with Crippen LogP contribution in [0.3, 0.4) is 0 Å². The van der Waals surface area contributed by atoms with E-state index in [4.69, 9.17) is 10.00 Å². The minimum Gasteiger partial charge on any atom is -0.480 e. The summed E-state index contributed by atoms with van der Waals surface area (Å²) in [5.74, 6) is -0.235. The van der Waals surface area contributed by atoms with E-state index in [0.717, 1.165) is 46.2 Å². The van der Waals surface area contributed by atoms with E-state index in [-0.39, 0.29) is 6.61 Å². The summed E-state index contributed by atoms with van der Waals surface area (Å²) >= 11 is 0. The van der Waals surface area contributed by atoms with Gasteiger partial charge in [0.15, 0.2) is 6.61 Å². The number of rotatable bonds is 8. The van der Waals surface area contributed by atoms with Gasteiger partial charge in [-0.3, -0.25) is 9.69 Å². The molecule has 3 aromatic carbocycles. The molecule has 1 atom stereocenters. The molecule has 1 heterocycles. The lowest BCUT2D eigenvalue weighted by atomic mass is 9.95. The number of carbonyl (C=O) groups is 1. The van der Waals surface area contributed by atoms with E-state index < -0.39 is 12.0 Å². The minimum atomic E-state index is -0.804. The lowest BCUT2D eigenvalue weighted by Gasteiger charge is -2.33. The molecular formula is C31H29N3O3. The second kappa shape index (κ2) is 12.0. The summed E-state index contributed by atoms with van der Waals surface area (Å²) in [6, 6.07) is 23.4. The number of aliphatic carboxylic acids is 1. The Hall–Kier alpha value is -4.39. The molecule has 4 rings (SSSR count). The number of nitrogens with zero attached hydrogens (tertiary/aromatic N) is 3. The van der Waals surface area contributed by atoms with Gasteiger partial charge in [-0.15, -0.1) is 0 Å². The molecule has 1 unspecified atom stereocenters. The number of hydrogen-bond acceptors (Lipinski definition) is 5. The lowest BCUT2D eigenvalue weighted by Crippen LogP contribution is -2.44. The zero-order chi connectivity index (χ0) is 26.2. The molecule has 0 spiro atoms. The summed E-state index contributed by atoms with van der Waals surface area (Å²) in [6.45, 7) is 3.05. The molecule has 0 bridgehead atoms. The Morgan fingerprint density at radius 3 is 2.59 bits per heavy atom. The highest BCUT2D eigenvalue weighted by molar-refractivity contribution is 5.81. The van der Waals surface area contributed by atoms with Crippen LogP contribution in [-0.4, -0.2) is 35.2 Å². The van der Waals surface area contributed by atoms with Crippen molar-refractivity contribution < 1.29 is 14.6 Å². The SMILES string of the molecule is Cc1cc(CN2CCCCC2C(=O)O)c(OCC#N)cc1C=Cc1cccc(-c2ccccc2)c1C#N. The minimum absolute atomic E-state index is 0.0979. The summed E-state index contributed by atoms with van der Waals surface area (Å²) in [6.07, 6.45) is 6.37. The van der Waals surface area contributed by atoms with Gasteiger partial charge in [0.05, 0.1) is 5.56 Å². The number of carboxylic acid groups (broad SMARTS) is 1. The molecule has 1 fully saturated rings. The molecule has 186 valence electrons. The predicted octanol–water partition coefficient (Wildman–Crippen LogP) is 6.05. The average molecular weight is 492 g/mol. The van der Waals surface area contributed by atoms with Crippen molar-refractivity contribution in [1.29, 1.82) is 10.5 Å². The average Bonchev–Trinajstić information content (AvgIpc) is 2.92. The quantitative estimate of drug-likeness (QED) is 0.386. The Morgan fingerprint density at radius 2 is 1.86 bits per heavy atom. The first kappa shape index (κ1) is 25.7. The second-order valence-corrected chi connectivity index (χ2v) is 9.16. The number of ether oxygens (including phenoxy) is 1. The number of aryl methyl sites for hydroxylation is 1. The Kier molecular flexibility index (Phi) is 8.36. The molecule has 0 radical (unpaired) electrons. The maximum Gasteiger partial charge on any atom is 0.320 e. The molecule has 0 amide bonds. The monoisotopic (exact) mass is 491 g/mol. The summed E-state index contributed by atoms with van der Waals surface area (Å²) in [7, 11) is 0. The van der Waals surface area contributed by atoms with Crippen LogP contribution in [0.25, 0.3) is 23.3 Å². The molecule has 1 aliphatic heterocycles. The fraction of sp³-hybridized carbons (Fsp3) is 0.258. The predicted molar refractivity (Wildman–Crippen MR) is 143 cm³/mol. The molecule has 0 aliphatic carbocycles. The number of piperidine rings is 1. The van der Waals surface area contributed by atoms with E-state index in [9.17, 15) is 15.2 Å². The van der Waals surface area contributed by atoms with Gasteiger partial charge in [-0.1, -0.05) is 73.2 Å². The van der Waals surface area contributed by atoms with E-state index >= 15 is 0 Å². The van der Waals surface area contributed by atoms with E-state index in [1.165, 1.54) is 0 Å². The number of benzene rings is 3. The van der Waals surface area contributed by atoms with Crippen LogP contribution in [0.1, 0.15) is 47.1 Å². The van der Waals surface area contributed by atoms with Crippen molar-refractivity contribution >= 4 is 18.1 Å². The third kappa shape index (κ3) is 6.06. The van der Waals surface area contributed by atoms with Crippen molar-refractivity contribution in [3.05, 3.63) is 88.5 Å². The van der Waals surface area contributed by atoms with Crippen molar-refractivity contribution in [3.8, 4) is 29.0 Å². The maximum atomic E-state index is 11.8. The molecule has 3 aromatic rings. The molecule has 1 aliphatic rings. The molecular weight excluding hydrogens is 462 g/mol.